The Balaban J connectivity index is 1.65. The van der Waals surface area contributed by atoms with Crippen molar-refractivity contribution in [1.82, 2.24) is 15.2 Å². The van der Waals surface area contributed by atoms with Gasteiger partial charge < -0.3 is 15.5 Å². The van der Waals surface area contributed by atoms with E-state index in [-0.39, 0.29) is 6.10 Å². The van der Waals surface area contributed by atoms with Crippen LogP contribution in [0, 0.1) is 0 Å². The number of nitrogens with one attached hydrogen (secondary N) is 1. The van der Waals surface area contributed by atoms with E-state index in [1.165, 1.54) is 0 Å². The molecule has 0 saturated carbocycles. The van der Waals surface area contributed by atoms with Gasteiger partial charge in [0.05, 0.1) is 18.3 Å². The van der Waals surface area contributed by atoms with Crippen LogP contribution in [0.2, 0.25) is 0 Å². The first-order valence-corrected chi connectivity index (χ1v) is 7.82. The Labute approximate surface area is 117 Å². The summed E-state index contributed by atoms with van der Waals surface area (Å²) >= 11 is 1.61. The molecule has 1 atom stereocenters. The van der Waals surface area contributed by atoms with Gasteiger partial charge in [-0.3, -0.25) is 4.90 Å². The van der Waals surface area contributed by atoms with Gasteiger partial charge >= 0.3 is 0 Å². The third-order valence-electron chi connectivity index (χ3n) is 4.07. The maximum atomic E-state index is 10.6. The molecule has 2 fully saturated rings. The molecule has 0 aromatic carbocycles. The number of piperidine rings is 1. The first-order valence-electron chi connectivity index (χ1n) is 6.94. The van der Waals surface area contributed by atoms with Gasteiger partial charge in [0.15, 0.2) is 0 Å². The molecule has 1 unspecified atom stereocenters. The normalized spacial score (nSPS) is 27.8. The molecule has 3 heterocycles. The number of aromatic nitrogens is 1. The molecular weight excluding hydrogens is 262 g/mol. The van der Waals surface area contributed by atoms with Gasteiger partial charge in [-0.1, -0.05) is 0 Å². The molecule has 1 aromatic heterocycles. The van der Waals surface area contributed by atoms with Crippen LogP contribution in [0.15, 0.2) is 5.38 Å². The van der Waals surface area contributed by atoms with E-state index in [2.05, 4.69) is 15.2 Å². The van der Waals surface area contributed by atoms with Crippen LogP contribution in [-0.4, -0.2) is 52.4 Å². The Kier molecular flexibility index (Phi) is 3.86. The van der Waals surface area contributed by atoms with E-state index in [1.54, 1.807) is 11.3 Å². The standard InChI is InChI=1S/C13H21N3O2S/c17-10-1-6-16(7-10)8-12-15-11(9-19-12)13(18)2-4-14-5-3-13/h9-10,14,17-18H,1-8H2. The summed E-state index contributed by atoms with van der Waals surface area (Å²) in [6.45, 7) is 4.16. The van der Waals surface area contributed by atoms with Crippen LogP contribution in [0.5, 0.6) is 0 Å². The first-order chi connectivity index (χ1) is 9.16. The minimum Gasteiger partial charge on any atom is -0.392 e. The fourth-order valence-electron chi connectivity index (χ4n) is 2.84. The zero-order valence-electron chi connectivity index (χ0n) is 11.0. The second-order valence-electron chi connectivity index (χ2n) is 5.59. The van der Waals surface area contributed by atoms with E-state index < -0.39 is 5.60 Å². The van der Waals surface area contributed by atoms with Gasteiger partial charge in [0.25, 0.3) is 0 Å². The van der Waals surface area contributed by atoms with Crippen LogP contribution >= 0.6 is 11.3 Å². The third kappa shape index (κ3) is 2.98. The van der Waals surface area contributed by atoms with Crippen molar-refractivity contribution < 1.29 is 10.2 Å². The number of hydrogen-bond donors (Lipinski definition) is 3. The number of likely N-dealkylation sites (tertiary alicyclic amines) is 1. The maximum absolute atomic E-state index is 10.6. The minimum absolute atomic E-state index is 0.187. The van der Waals surface area contributed by atoms with Crippen LogP contribution in [0.3, 0.4) is 0 Å². The molecule has 3 N–H and O–H groups in total. The number of hydrogen-bond acceptors (Lipinski definition) is 6. The molecule has 2 aliphatic rings. The van der Waals surface area contributed by atoms with Crippen molar-refractivity contribution in [3.05, 3.63) is 16.1 Å². The number of nitrogens with zero attached hydrogens (tertiary/aromatic N) is 2. The molecule has 0 bridgehead atoms. The van der Waals surface area contributed by atoms with E-state index in [0.717, 1.165) is 62.7 Å². The van der Waals surface area contributed by atoms with Crippen molar-refractivity contribution in [2.24, 2.45) is 0 Å². The second-order valence-corrected chi connectivity index (χ2v) is 6.53. The van der Waals surface area contributed by atoms with Crippen molar-refractivity contribution in [3.63, 3.8) is 0 Å². The molecule has 0 aliphatic carbocycles. The molecule has 0 amide bonds. The predicted molar refractivity (Wildman–Crippen MR) is 74.0 cm³/mol. The summed E-state index contributed by atoms with van der Waals surface area (Å²) in [5.41, 5.74) is 0.0820. The summed E-state index contributed by atoms with van der Waals surface area (Å²) in [6.07, 6.45) is 2.14. The van der Waals surface area contributed by atoms with Gasteiger partial charge in [0, 0.05) is 18.5 Å². The monoisotopic (exact) mass is 283 g/mol. The zero-order valence-corrected chi connectivity index (χ0v) is 11.8. The lowest BCUT2D eigenvalue weighted by atomic mass is 9.90. The zero-order chi connectivity index (χ0) is 13.3. The summed E-state index contributed by atoms with van der Waals surface area (Å²) in [5.74, 6) is 0. The molecule has 2 aliphatic heterocycles. The fraction of sp³-hybridized carbons (Fsp3) is 0.769. The molecule has 2 saturated heterocycles. The Bertz CT molecular complexity index is 431. The number of β-amino-alcohol motifs (C(OH)–C–C–N with tert-alkyl or cyclic N) is 1. The van der Waals surface area contributed by atoms with Crippen molar-refractivity contribution in [2.45, 2.75) is 37.5 Å². The highest BCUT2D eigenvalue weighted by molar-refractivity contribution is 7.09. The Hall–Kier alpha value is -0.530. The lowest BCUT2D eigenvalue weighted by Gasteiger charge is -2.30. The van der Waals surface area contributed by atoms with E-state index in [1.807, 2.05) is 5.38 Å². The van der Waals surface area contributed by atoms with Gasteiger partial charge in [-0.15, -0.1) is 11.3 Å². The van der Waals surface area contributed by atoms with Gasteiger partial charge in [0.2, 0.25) is 0 Å². The molecule has 1 aromatic rings. The fourth-order valence-corrected chi connectivity index (χ4v) is 3.77. The summed E-state index contributed by atoms with van der Waals surface area (Å²) in [6, 6.07) is 0. The van der Waals surface area contributed by atoms with Crippen molar-refractivity contribution in [3.8, 4) is 0 Å². The average Bonchev–Trinajstić information content (AvgIpc) is 3.01. The van der Waals surface area contributed by atoms with E-state index in [4.69, 9.17) is 0 Å². The lowest BCUT2D eigenvalue weighted by molar-refractivity contribution is 0.00223. The van der Waals surface area contributed by atoms with E-state index >= 15 is 0 Å². The van der Waals surface area contributed by atoms with Crippen molar-refractivity contribution >= 4 is 11.3 Å². The molecule has 19 heavy (non-hydrogen) atoms. The molecule has 106 valence electrons. The van der Waals surface area contributed by atoms with Gasteiger partial charge in [-0.25, -0.2) is 4.98 Å². The Morgan fingerprint density at radius 1 is 1.47 bits per heavy atom. The summed E-state index contributed by atoms with van der Waals surface area (Å²) < 4.78 is 0. The van der Waals surface area contributed by atoms with E-state index in [0.29, 0.717) is 0 Å². The molecule has 0 radical (unpaired) electrons. The third-order valence-corrected chi connectivity index (χ3v) is 4.90. The Morgan fingerprint density at radius 2 is 2.26 bits per heavy atom. The highest BCUT2D eigenvalue weighted by atomic mass is 32.1. The Morgan fingerprint density at radius 3 is 2.95 bits per heavy atom. The SMILES string of the molecule is OC1CCN(Cc2nc(C3(O)CCNCC3)cs2)C1. The summed E-state index contributed by atoms with van der Waals surface area (Å²) in [4.78, 5) is 6.83. The van der Waals surface area contributed by atoms with Crippen LogP contribution in [0.1, 0.15) is 30.0 Å². The number of thiazole rings is 1. The van der Waals surface area contributed by atoms with Crippen molar-refractivity contribution in [1.29, 1.82) is 0 Å². The molecular formula is C13H21N3O2S. The van der Waals surface area contributed by atoms with Gasteiger partial charge in [-0.05, 0) is 32.4 Å². The summed E-state index contributed by atoms with van der Waals surface area (Å²) in [7, 11) is 0. The highest BCUT2D eigenvalue weighted by Gasteiger charge is 2.33. The predicted octanol–water partition coefficient (Wildman–Crippen LogP) is 0.281. The largest absolute Gasteiger partial charge is 0.392 e. The van der Waals surface area contributed by atoms with Crippen LogP contribution in [0.4, 0.5) is 0 Å². The van der Waals surface area contributed by atoms with Crippen LogP contribution in [-0.2, 0) is 12.1 Å². The molecule has 5 nitrogen and oxygen atoms in total. The maximum Gasteiger partial charge on any atom is 0.110 e. The van der Waals surface area contributed by atoms with Crippen LogP contribution in [0.25, 0.3) is 0 Å². The number of aliphatic hydroxyl groups is 2. The van der Waals surface area contributed by atoms with Gasteiger partial charge in [0.1, 0.15) is 10.6 Å². The highest BCUT2D eigenvalue weighted by Crippen LogP contribution is 2.31. The second kappa shape index (κ2) is 5.46. The number of rotatable bonds is 3. The summed E-state index contributed by atoms with van der Waals surface area (Å²) in [5, 5.41) is 26.4. The average molecular weight is 283 g/mol. The smallest absolute Gasteiger partial charge is 0.110 e. The molecule has 6 heteroatoms. The van der Waals surface area contributed by atoms with E-state index in [9.17, 15) is 10.2 Å². The first kappa shape index (κ1) is 13.5. The van der Waals surface area contributed by atoms with Gasteiger partial charge in [-0.2, -0.15) is 0 Å². The number of aliphatic hydroxyl groups excluding tert-OH is 1. The van der Waals surface area contributed by atoms with Crippen molar-refractivity contribution in [2.75, 3.05) is 26.2 Å². The molecule has 0 spiro atoms. The quantitative estimate of drug-likeness (QED) is 0.743. The topological polar surface area (TPSA) is 68.6 Å². The van der Waals surface area contributed by atoms with Crippen LogP contribution < -0.4 is 5.32 Å². The lowest BCUT2D eigenvalue weighted by Crippen LogP contribution is -2.40. The minimum atomic E-state index is -0.746. The molecule has 3 rings (SSSR count).